The van der Waals surface area contributed by atoms with Gasteiger partial charge < -0.3 is 5.11 Å². The lowest BCUT2D eigenvalue weighted by molar-refractivity contribution is 0.108. The lowest BCUT2D eigenvalue weighted by Crippen LogP contribution is -2.42. The molecular formula is C12H16FNO3S. The third-order valence-corrected chi connectivity index (χ3v) is 5.13. The summed E-state index contributed by atoms with van der Waals surface area (Å²) >= 11 is 0. The predicted molar refractivity (Wildman–Crippen MR) is 65.1 cm³/mol. The maximum atomic E-state index is 13.2. The van der Waals surface area contributed by atoms with E-state index in [0.29, 0.717) is 24.9 Å². The smallest absolute Gasteiger partial charge is 0.243 e. The molecule has 1 aliphatic rings. The Bertz CT molecular complexity index is 544. The molecule has 18 heavy (non-hydrogen) atoms. The van der Waals surface area contributed by atoms with Crippen molar-refractivity contribution in [2.45, 2.75) is 30.8 Å². The molecule has 4 nitrogen and oxygen atoms in total. The molecule has 100 valence electrons. The summed E-state index contributed by atoms with van der Waals surface area (Å²) in [6.07, 6.45) is 0.588. The quantitative estimate of drug-likeness (QED) is 0.883. The van der Waals surface area contributed by atoms with Crippen LogP contribution in [-0.4, -0.2) is 37.0 Å². The van der Waals surface area contributed by atoms with Gasteiger partial charge in [0.05, 0.1) is 11.0 Å². The Balaban J connectivity index is 2.38. The zero-order chi connectivity index (χ0) is 13.3. The molecule has 1 fully saturated rings. The first-order valence-corrected chi connectivity index (χ1v) is 7.29. The summed E-state index contributed by atoms with van der Waals surface area (Å²) in [5.74, 6) is -0.572. The highest BCUT2D eigenvalue weighted by atomic mass is 32.2. The molecule has 1 atom stereocenters. The number of aliphatic hydroxyl groups is 1. The van der Waals surface area contributed by atoms with Gasteiger partial charge in [0.15, 0.2) is 0 Å². The van der Waals surface area contributed by atoms with Crippen LogP contribution < -0.4 is 0 Å². The maximum absolute atomic E-state index is 13.2. The van der Waals surface area contributed by atoms with Crippen LogP contribution in [-0.2, 0) is 10.0 Å². The maximum Gasteiger partial charge on any atom is 0.243 e. The van der Waals surface area contributed by atoms with Crippen molar-refractivity contribution >= 4 is 10.0 Å². The third kappa shape index (κ3) is 2.55. The van der Waals surface area contributed by atoms with Crippen LogP contribution in [0.2, 0.25) is 0 Å². The van der Waals surface area contributed by atoms with Crippen LogP contribution in [0.5, 0.6) is 0 Å². The minimum absolute atomic E-state index is 0.0170. The first-order valence-electron chi connectivity index (χ1n) is 5.85. The lowest BCUT2D eigenvalue weighted by atomic mass is 10.1. The van der Waals surface area contributed by atoms with Crippen molar-refractivity contribution in [3.8, 4) is 0 Å². The molecule has 1 aromatic carbocycles. The second kappa shape index (κ2) is 4.95. The molecule has 0 bridgehead atoms. The van der Waals surface area contributed by atoms with Crippen LogP contribution in [0.1, 0.15) is 18.4 Å². The largest absolute Gasteiger partial charge is 0.392 e. The van der Waals surface area contributed by atoms with Crippen molar-refractivity contribution in [3.05, 3.63) is 29.6 Å². The average molecular weight is 273 g/mol. The molecule has 1 saturated heterocycles. The molecule has 0 aliphatic carbocycles. The molecule has 0 radical (unpaired) electrons. The number of β-amino-alcohol motifs (C(OH)–C–C–N with tert-alkyl or cyclic N) is 1. The number of hydrogen-bond acceptors (Lipinski definition) is 3. The highest BCUT2D eigenvalue weighted by molar-refractivity contribution is 7.89. The fourth-order valence-electron chi connectivity index (χ4n) is 2.13. The zero-order valence-corrected chi connectivity index (χ0v) is 11.0. The van der Waals surface area contributed by atoms with Crippen LogP contribution in [0.3, 0.4) is 0 Å². The molecular weight excluding hydrogens is 257 g/mol. The number of nitrogens with zero attached hydrogens (tertiary/aromatic N) is 1. The molecule has 1 aliphatic heterocycles. The number of piperidine rings is 1. The molecule has 1 N–H and O–H groups in total. The predicted octanol–water partition coefficient (Wildman–Crippen LogP) is 1.28. The van der Waals surface area contributed by atoms with Gasteiger partial charge >= 0.3 is 0 Å². The summed E-state index contributed by atoms with van der Waals surface area (Å²) in [7, 11) is -3.71. The summed E-state index contributed by atoms with van der Waals surface area (Å²) < 4.78 is 39.1. The standard InChI is InChI=1S/C12H16FNO3S/c1-9-4-5-10(13)7-12(9)18(16,17)14-6-2-3-11(15)8-14/h4-5,7,11,15H,2-3,6,8H2,1H3. The second-order valence-corrected chi connectivity index (χ2v) is 6.48. The molecule has 0 aromatic heterocycles. The summed E-state index contributed by atoms with van der Waals surface area (Å²) in [5, 5.41) is 9.53. The van der Waals surface area contributed by atoms with Crippen molar-refractivity contribution < 1.29 is 17.9 Å². The summed E-state index contributed by atoms with van der Waals surface area (Å²) in [5.41, 5.74) is 0.511. The third-order valence-electron chi connectivity index (χ3n) is 3.13. The number of aryl methyl sites for hydroxylation is 1. The number of aliphatic hydroxyl groups excluding tert-OH is 1. The van der Waals surface area contributed by atoms with Gasteiger partial charge in [-0.05, 0) is 37.5 Å². The van der Waals surface area contributed by atoms with Crippen molar-refractivity contribution in [3.63, 3.8) is 0 Å². The lowest BCUT2D eigenvalue weighted by Gasteiger charge is -2.29. The molecule has 2 rings (SSSR count). The summed E-state index contributed by atoms with van der Waals surface area (Å²) in [4.78, 5) is -0.0170. The SMILES string of the molecule is Cc1ccc(F)cc1S(=O)(=O)N1CCCC(O)C1. The van der Waals surface area contributed by atoms with Gasteiger partial charge in [-0.15, -0.1) is 0 Å². The highest BCUT2D eigenvalue weighted by Crippen LogP contribution is 2.24. The molecule has 1 unspecified atom stereocenters. The van der Waals surface area contributed by atoms with E-state index >= 15 is 0 Å². The molecule has 0 spiro atoms. The van der Waals surface area contributed by atoms with Crippen molar-refractivity contribution in [1.29, 1.82) is 0 Å². The summed E-state index contributed by atoms with van der Waals surface area (Å²) in [6, 6.07) is 3.72. The molecule has 1 heterocycles. The normalized spacial score (nSPS) is 22.1. The van der Waals surface area contributed by atoms with E-state index in [1.807, 2.05) is 0 Å². The van der Waals surface area contributed by atoms with Crippen molar-refractivity contribution in [2.24, 2.45) is 0 Å². The second-order valence-electron chi connectivity index (χ2n) is 4.57. The Hall–Kier alpha value is -0.980. The van der Waals surface area contributed by atoms with Crippen LogP contribution in [0.4, 0.5) is 4.39 Å². The fourth-order valence-corrected chi connectivity index (χ4v) is 3.88. The Morgan fingerprint density at radius 3 is 2.83 bits per heavy atom. The van der Waals surface area contributed by atoms with E-state index in [1.54, 1.807) is 6.92 Å². The van der Waals surface area contributed by atoms with Gasteiger partial charge in [-0.2, -0.15) is 4.31 Å². The van der Waals surface area contributed by atoms with Crippen molar-refractivity contribution in [2.75, 3.05) is 13.1 Å². The van der Waals surface area contributed by atoms with Gasteiger partial charge in [-0.3, -0.25) is 0 Å². The Labute approximate surface area is 106 Å². The Morgan fingerprint density at radius 1 is 1.44 bits per heavy atom. The molecule has 6 heteroatoms. The van der Waals surface area contributed by atoms with E-state index in [-0.39, 0.29) is 11.4 Å². The highest BCUT2D eigenvalue weighted by Gasteiger charge is 2.30. The number of benzene rings is 1. The number of rotatable bonds is 2. The van der Waals surface area contributed by atoms with Crippen LogP contribution >= 0.6 is 0 Å². The van der Waals surface area contributed by atoms with E-state index in [4.69, 9.17) is 0 Å². The number of halogens is 1. The minimum atomic E-state index is -3.71. The first kappa shape index (κ1) is 13.5. The van der Waals surface area contributed by atoms with Crippen molar-refractivity contribution in [1.82, 2.24) is 4.31 Å². The zero-order valence-electron chi connectivity index (χ0n) is 10.1. The van der Waals surface area contributed by atoms with Crippen LogP contribution in [0.15, 0.2) is 23.1 Å². The van der Waals surface area contributed by atoms with Crippen LogP contribution in [0, 0.1) is 12.7 Å². The average Bonchev–Trinajstić information content (AvgIpc) is 2.32. The van der Waals surface area contributed by atoms with Gasteiger partial charge in [0.25, 0.3) is 0 Å². The molecule has 1 aromatic rings. The number of sulfonamides is 1. The topological polar surface area (TPSA) is 57.6 Å². The van der Waals surface area contributed by atoms with E-state index in [0.717, 1.165) is 6.07 Å². The molecule has 0 amide bonds. The molecule has 0 saturated carbocycles. The first-order chi connectivity index (χ1) is 8.41. The van der Waals surface area contributed by atoms with E-state index in [2.05, 4.69) is 0 Å². The Kier molecular flexibility index (Phi) is 3.70. The summed E-state index contributed by atoms with van der Waals surface area (Å²) in [6.45, 7) is 2.08. The van der Waals surface area contributed by atoms with Gasteiger partial charge in [0.1, 0.15) is 5.82 Å². The van der Waals surface area contributed by atoms with E-state index < -0.39 is 21.9 Å². The van der Waals surface area contributed by atoms with Crippen LogP contribution in [0.25, 0.3) is 0 Å². The van der Waals surface area contributed by atoms with Gasteiger partial charge in [-0.1, -0.05) is 6.07 Å². The monoisotopic (exact) mass is 273 g/mol. The Morgan fingerprint density at radius 2 is 2.17 bits per heavy atom. The minimum Gasteiger partial charge on any atom is -0.392 e. The fraction of sp³-hybridized carbons (Fsp3) is 0.500. The van der Waals surface area contributed by atoms with E-state index in [9.17, 15) is 17.9 Å². The number of hydrogen-bond donors (Lipinski definition) is 1. The van der Waals surface area contributed by atoms with Gasteiger partial charge in [0, 0.05) is 13.1 Å². The van der Waals surface area contributed by atoms with Gasteiger partial charge in [-0.25, -0.2) is 12.8 Å². The van der Waals surface area contributed by atoms with E-state index in [1.165, 1.54) is 16.4 Å². The van der Waals surface area contributed by atoms with Gasteiger partial charge in [0.2, 0.25) is 10.0 Å².